The van der Waals surface area contributed by atoms with Gasteiger partial charge in [-0.2, -0.15) is 0 Å². The van der Waals surface area contributed by atoms with Gasteiger partial charge in [-0.25, -0.2) is 0 Å². The Hall–Kier alpha value is -3.22. The lowest BCUT2D eigenvalue weighted by Gasteiger charge is -2.33. The first-order chi connectivity index (χ1) is 13.0. The van der Waals surface area contributed by atoms with Gasteiger partial charge >= 0.3 is 0 Å². The SMILES string of the molecule is Cc1ccc2c(c1)N([C@@H](C)C(=O)NCc1ccc3c(c1)OCO3)C(=O)CO2. The lowest BCUT2D eigenvalue weighted by molar-refractivity contribution is -0.127. The fraction of sp³-hybridized carbons (Fsp3) is 0.300. The van der Waals surface area contributed by atoms with E-state index in [1.54, 1.807) is 6.92 Å². The van der Waals surface area contributed by atoms with Crippen molar-refractivity contribution in [1.29, 1.82) is 0 Å². The monoisotopic (exact) mass is 368 g/mol. The van der Waals surface area contributed by atoms with Crippen LogP contribution in [0, 0.1) is 6.92 Å². The number of hydrogen-bond donors (Lipinski definition) is 1. The molecule has 0 unspecified atom stereocenters. The van der Waals surface area contributed by atoms with Gasteiger partial charge in [0.05, 0.1) is 5.69 Å². The highest BCUT2D eigenvalue weighted by Gasteiger charge is 2.33. The standard InChI is InChI=1S/C20H20N2O5/c1-12-3-5-16-15(7-12)22(19(23)10-25-16)13(2)20(24)21-9-14-4-6-17-18(8-14)27-11-26-17/h3-8,13H,9-11H2,1-2H3,(H,21,24)/t13-/m0/s1. The lowest BCUT2D eigenvalue weighted by Crippen LogP contribution is -2.51. The summed E-state index contributed by atoms with van der Waals surface area (Å²) in [5, 5.41) is 2.88. The predicted molar refractivity (Wildman–Crippen MR) is 98.0 cm³/mol. The molecule has 0 fully saturated rings. The molecule has 0 spiro atoms. The average Bonchev–Trinajstić information content (AvgIpc) is 3.13. The molecule has 2 amide bonds. The molecular weight excluding hydrogens is 348 g/mol. The molecule has 2 aliphatic heterocycles. The van der Waals surface area contributed by atoms with Gasteiger partial charge < -0.3 is 19.5 Å². The maximum Gasteiger partial charge on any atom is 0.265 e. The van der Waals surface area contributed by atoms with Crippen LogP contribution in [0.3, 0.4) is 0 Å². The van der Waals surface area contributed by atoms with E-state index < -0.39 is 6.04 Å². The van der Waals surface area contributed by atoms with E-state index in [0.29, 0.717) is 29.5 Å². The summed E-state index contributed by atoms with van der Waals surface area (Å²) in [6, 6.07) is 10.5. The molecule has 2 aromatic carbocycles. The maximum absolute atomic E-state index is 12.7. The summed E-state index contributed by atoms with van der Waals surface area (Å²) in [7, 11) is 0. The van der Waals surface area contributed by atoms with Gasteiger partial charge in [-0.05, 0) is 49.2 Å². The third kappa shape index (κ3) is 3.28. The lowest BCUT2D eigenvalue weighted by atomic mass is 10.1. The summed E-state index contributed by atoms with van der Waals surface area (Å²) >= 11 is 0. The number of aryl methyl sites for hydroxylation is 1. The Morgan fingerprint density at radius 2 is 1.89 bits per heavy atom. The second-order valence-corrected chi connectivity index (χ2v) is 6.60. The first-order valence-corrected chi connectivity index (χ1v) is 8.74. The van der Waals surface area contributed by atoms with Gasteiger partial charge in [-0.1, -0.05) is 12.1 Å². The number of nitrogens with one attached hydrogen (secondary N) is 1. The number of nitrogens with zero attached hydrogens (tertiary/aromatic N) is 1. The molecule has 140 valence electrons. The quantitative estimate of drug-likeness (QED) is 0.895. The third-order valence-corrected chi connectivity index (χ3v) is 4.66. The zero-order chi connectivity index (χ0) is 19.0. The van der Waals surface area contributed by atoms with Crippen molar-refractivity contribution in [3.05, 3.63) is 47.5 Å². The number of carbonyl (C=O) groups is 2. The third-order valence-electron chi connectivity index (χ3n) is 4.66. The summed E-state index contributed by atoms with van der Waals surface area (Å²) < 4.78 is 16.1. The summed E-state index contributed by atoms with van der Waals surface area (Å²) in [6.45, 7) is 4.11. The largest absolute Gasteiger partial charge is 0.482 e. The molecule has 2 heterocycles. The molecule has 1 N–H and O–H groups in total. The number of anilines is 1. The van der Waals surface area contributed by atoms with E-state index in [-0.39, 0.29) is 25.2 Å². The van der Waals surface area contributed by atoms with Gasteiger partial charge in [-0.15, -0.1) is 0 Å². The molecule has 4 rings (SSSR count). The maximum atomic E-state index is 12.7. The zero-order valence-electron chi connectivity index (χ0n) is 15.2. The van der Waals surface area contributed by atoms with Crippen LogP contribution < -0.4 is 24.4 Å². The molecule has 0 saturated heterocycles. The molecule has 2 aliphatic rings. The van der Waals surface area contributed by atoms with E-state index in [2.05, 4.69) is 5.32 Å². The van der Waals surface area contributed by atoms with Crippen LogP contribution in [-0.2, 0) is 16.1 Å². The number of carbonyl (C=O) groups excluding carboxylic acids is 2. The van der Waals surface area contributed by atoms with Crippen molar-refractivity contribution in [2.45, 2.75) is 26.4 Å². The van der Waals surface area contributed by atoms with Crippen molar-refractivity contribution in [2.75, 3.05) is 18.3 Å². The molecule has 0 saturated carbocycles. The van der Waals surface area contributed by atoms with E-state index in [9.17, 15) is 9.59 Å². The van der Waals surface area contributed by atoms with Gasteiger partial charge in [0.25, 0.3) is 5.91 Å². The topological polar surface area (TPSA) is 77.1 Å². The molecule has 0 aromatic heterocycles. The van der Waals surface area contributed by atoms with E-state index >= 15 is 0 Å². The van der Waals surface area contributed by atoms with Crippen LogP contribution >= 0.6 is 0 Å². The highest BCUT2D eigenvalue weighted by atomic mass is 16.7. The smallest absolute Gasteiger partial charge is 0.265 e. The van der Waals surface area contributed by atoms with Crippen LogP contribution in [0.2, 0.25) is 0 Å². The van der Waals surface area contributed by atoms with E-state index in [1.165, 1.54) is 4.90 Å². The Bertz CT molecular complexity index is 911. The Balaban J connectivity index is 1.48. The molecule has 0 radical (unpaired) electrons. The molecule has 7 heteroatoms. The van der Waals surface area contributed by atoms with Crippen molar-refractivity contribution < 1.29 is 23.8 Å². The minimum atomic E-state index is -0.657. The highest BCUT2D eigenvalue weighted by molar-refractivity contribution is 6.03. The predicted octanol–water partition coefficient (Wildman–Crippen LogP) is 2.15. The van der Waals surface area contributed by atoms with Gasteiger partial charge in [0, 0.05) is 6.54 Å². The average molecular weight is 368 g/mol. The second kappa shape index (κ2) is 6.83. The van der Waals surface area contributed by atoms with E-state index in [4.69, 9.17) is 14.2 Å². The highest BCUT2D eigenvalue weighted by Crippen LogP contribution is 2.34. The fourth-order valence-corrected chi connectivity index (χ4v) is 3.21. The Morgan fingerprint density at radius 1 is 1.11 bits per heavy atom. The summed E-state index contributed by atoms with van der Waals surface area (Å²) in [4.78, 5) is 26.6. The summed E-state index contributed by atoms with van der Waals surface area (Å²) in [5.74, 6) is 1.50. The van der Waals surface area contributed by atoms with Gasteiger partial charge in [-0.3, -0.25) is 14.5 Å². The summed E-state index contributed by atoms with van der Waals surface area (Å²) in [5.41, 5.74) is 2.51. The van der Waals surface area contributed by atoms with Crippen molar-refractivity contribution in [1.82, 2.24) is 5.32 Å². The Kier molecular flexibility index (Phi) is 4.35. The number of fused-ring (bicyclic) bond motifs is 2. The number of ether oxygens (including phenoxy) is 3. The molecule has 7 nitrogen and oxygen atoms in total. The van der Waals surface area contributed by atoms with E-state index in [0.717, 1.165) is 11.1 Å². The van der Waals surface area contributed by atoms with Crippen LogP contribution in [-0.4, -0.2) is 31.3 Å². The fourth-order valence-electron chi connectivity index (χ4n) is 3.21. The molecule has 0 aliphatic carbocycles. The van der Waals surface area contributed by atoms with Gasteiger partial charge in [0.15, 0.2) is 18.1 Å². The second-order valence-electron chi connectivity index (χ2n) is 6.60. The van der Waals surface area contributed by atoms with Crippen LogP contribution in [0.1, 0.15) is 18.1 Å². The minimum Gasteiger partial charge on any atom is -0.482 e. The zero-order valence-corrected chi connectivity index (χ0v) is 15.2. The minimum absolute atomic E-state index is 0.0736. The Labute approximate surface area is 156 Å². The van der Waals surface area contributed by atoms with E-state index in [1.807, 2.05) is 43.3 Å². The number of benzene rings is 2. The molecule has 0 bridgehead atoms. The Morgan fingerprint density at radius 3 is 2.74 bits per heavy atom. The van der Waals surface area contributed by atoms with Crippen molar-refractivity contribution in [3.63, 3.8) is 0 Å². The van der Waals surface area contributed by atoms with Crippen molar-refractivity contribution >= 4 is 17.5 Å². The van der Waals surface area contributed by atoms with Crippen molar-refractivity contribution in [3.8, 4) is 17.2 Å². The molecule has 1 atom stereocenters. The molecule has 2 aromatic rings. The van der Waals surface area contributed by atoms with Crippen LogP contribution in [0.4, 0.5) is 5.69 Å². The summed E-state index contributed by atoms with van der Waals surface area (Å²) in [6.07, 6.45) is 0. The first kappa shape index (κ1) is 17.2. The van der Waals surface area contributed by atoms with Crippen LogP contribution in [0.15, 0.2) is 36.4 Å². The molecular formula is C20H20N2O5. The van der Waals surface area contributed by atoms with Crippen molar-refractivity contribution in [2.24, 2.45) is 0 Å². The normalized spacial score (nSPS) is 15.8. The van der Waals surface area contributed by atoms with Crippen LogP contribution in [0.5, 0.6) is 17.2 Å². The van der Waals surface area contributed by atoms with Gasteiger partial charge in [0.2, 0.25) is 12.7 Å². The first-order valence-electron chi connectivity index (χ1n) is 8.74. The number of rotatable bonds is 4. The van der Waals surface area contributed by atoms with Crippen LogP contribution in [0.25, 0.3) is 0 Å². The molecule has 27 heavy (non-hydrogen) atoms. The number of hydrogen-bond acceptors (Lipinski definition) is 5. The number of amides is 2. The van der Waals surface area contributed by atoms with Gasteiger partial charge in [0.1, 0.15) is 11.8 Å².